The highest BCUT2D eigenvalue weighted by molar-refractivity contribution is 9.10. The van der Waals surface area contributed by atoms with Crippen LogP contribution >= 0.6 is 15.9 Å². The summed E-state index contributed by atoms with van der Waals surface area (Å²) in [6, 6.07) is 6.11. The standard InChI is InChI=1S/C16H21BrN2O2/c1-10-6-11(9-19(10)12-2-3-12)18-14-8-16-15(7-13(14)17)20-4-5-21-16/h7-8,10-12,18H,2-6,9H2,1H3. The summed E-state index contributed by atoms with van der Waals surface area (Å²) in [5.74, 6) is 1.68. The van der Waals surface area contributed by atoms with Crippen molar-refractivity contribution in [3.63, 3.8) is 0 Å². The fourth-order valence-corrected chi connectivity index (χ4v) is 3.91. The van der Waals surface area contributed by atoms with E-state index in [1.54, 1.807) is 0 Å². The molecule has 1 N–H and O–H groups in total. The van der Waals surface area contributed by atoms with Crippen LogP contribution in [-0.2, 0) is 0 Å². The van der Waals surface area contributed by atoms with Crippen LogP contribution in [0.15, 0.2) is 16.6 Å². The zero-order chi connectivity index (χ0) is 14.4. The van der Waals surface area contributed by atoms with Gasteiger partial charge in [-0.05, 0) is 42.1 Å². The van der Waals surface area contributed by atoms with E-state index < -0.39 is 0 Å². The molecule has 4 rings (SSSR count). The molecule has 1 saturated heterocycles. The third-order valence-corrected chi connectivity index (χ3v) is 5.29. The Morgan fingerprint density at radius 3 is 2.62 bits per heavy atom. The summed E-state index contributed by atoms with van der Waals surface area (Å²) in [6.07, 6.45) is 3.97. The zero-order valence-corrected chi connectivity index (χ0v) is 13.9. The van der Waals surface area contributed by atoms with Gasteiger partial charge < -0.3 is 14.8 Å². The molecule has 0 aromatic heterocycles. The molecule has 2 fully saturated rings. The first-order valence-corrected chi connectivity index (χ1v) is 8.61. The number of nitrogens with zero attached hydrogens (tertiary/aromatic N) is 1. The van der Waals surface area contributed by atoms with Gasteiger partial charge in [0.15, 0.2) is 11.5 Å². The number of benzene rings is 1. The van der Waals surface area contributed by atoms with Crippen molar-refractivity contribution in [2.45, 2.75) is 44.3 Å². The third kappa shape index (κ3) is 2.73. The van der Waals surface area contributed by atoms with Gasteiger partial charge in [0.25, 0.3) is 0 Å². The van der Waals surface area contributed by atoms with Crippen molar-refractivity contribution in [1.29, 1.82) is 0 Å². The number of ether oxygens (including phenoxy) is 2. The maximum atomic E-state index is 5.68. The van der Waals surface area contributed by atoms with Crippen molar-refractivity contribution in [3.8, 4) is 11.5 Å². The van der Waals surface area contributed by atoms with Crippen LogP contribution in [0.5, 0.6) is 11.5 Å². The van der Waals surface area contributed by atoms with Crippen LogP contribution in [0.1, 0.15) is 26.2 Å². The molecular weight excluding hydrogens is 332 g/mol. The molecule has 2 aliphatic heterocycles. The fraction of sp³-hybridized carbons (Fsp3) is 0.625. The second-order valence-corrected chi connectivity index (χ2v) is 7.18. The predicted octanol–water partition coefficient (Wildman–Crippen LogP) is 3.26. The Morgan fingerprint density at radius 1 is 1.19 bits per heavy atom. The van der Waals surface area contributed by atoms with E-state index in [2.05, 4.69) is 39.1 Å². The van der Waals surface area contributed by atoms with Crippen molar-refractivity contribution in [2.24, 2.45) is 0 Å². The van der Waals surface area contributed by atoms with Crippen LogP contribution in [-0.4, -0.2) is 42.8 Å². The highest BCUT2D eigenvalue weighted by atomic mass is 79.9. The van der Waals surface area contributed by atoms with Gasteiger partial charge in [-0.15, -0.1) is 0 Å². The predicted molar refractivity (Wildman–Crippen MR) is 86.3 cm³/mol. The van der Waals surface area contributed by atoms with Crippen LogP contribution in [0.4, 0.5) is 5.69 Å². The molecule has 2 atom stereocenters. The largest absolute Gasteiger partial charge is 0.486 e. The van der Waals surface area contributed by atoms with E-state index >= 15 is 0 Å². The average Bonchev–Trinajstić information content (AvgIpc) is 3.24. The number of likely N-dealkylation sites (tertiary alicyclic amines) is 1. The molecule has 5 heteroatoms. The Kier molecular flexibility index (Phi) is 3.50. The third-order valence-electron chi connectivity index (χ3n) is 4.63. The van der Waals surface area contributed by atoms with Gasteiger partial charge in [0.05, 0.1) is 5.69 Å². The normalized spacial score (nSPS) is 28.7. The van der Waals surface area contributed by atoms with Crippen molar-refractivity contribution in [1.82, 2.24) is 4.90 Å². The van der Waals surface area contributed by atoms with Gasteiger partial charge in [-0.2, -0.15) is 0 Å². The lowest BCUT2D eigenvalue weighted by Gasteiger charge is -2.22. The number of hydrogen-bond donors (Lipinski definition) is 1. The van der Waals surface area contributed by atoms with E-state index in [0.717, 1.165) is 34.2 Å². The molecule has 0 radical (unpaired) electrons. The van der Waals surface area contributed by atoms with Crippen LogP contribution in [0, 0.1) is 0 Å². The van der Waals surface area contributed by atoms with E-state index in [0.29, 0.717) is 25.3 Å². The van der Waals surface area contributed by atoms with Gasteiger partial charge in [0.1, 0.15) is 13.2 Å². The summed E-state index contributed by atoms with van der Waals surface area (Å²) >= 11 is 3.64. The smallest absolute Gasteiger partial charge is 0.163 e. The first-order valence-electron chi connectivity index (χ1n) is 7.82. The number of halogens is 1. The topological polar surface area (TPSA) is 33.7 Å². The van der Waals surface area contributed by atoms with Gasteiger partial charge in [0.2, 0.25) is 0 Å². The van der Waals surface area contributed by atoms with Crippen LogP contribution < -0.4 is 14.8 Å². The van der Waals surface area contributed by atoms with E-state index in [1.807, 2.05) is 6.07 Å². The minimum atomic E-state index is 0.513. The van der Waals surface area contributed by atoms with Gasteiger partial charge >= 0.3 is 0 Å². The van der Waals surface area contributed by atoms with E-state index in [4.69, 9.17) is 9.47 Å². The van der Waals surface area contributed by atoms with Crippen LogP contribution in [0.2, 0.25) is 0 Å². The van der Waals surface area contributed by atoms with E-state index in [1.165, 1.54) is 19.3 Å². The molecule has 2 unspecified atom stereocenters. The molecule has 2 heterocycles. The van der Waals surface area contributed by atoms with Crippen molar-refractivity contribution < 1.29 is 9.47 Å². The first kappa shape index (κ1) is 13.7. The monoisotopic (exact) mass is 352 g/mol. The summed E-state index contributed by atoms with van der Waals surface area (Å²) in [5, 5.41) is 3.68. The molecule has 1 saturated carbocycles. The lowest BCUT2D eigenvalue weighted by Crippen LogP contribution is -2.31. The summed E-state index contributed by atoms with van der Waals surface area (Å²) in [7, 11) is 0. The minimum Gasteiger partial charge on any atom is -0.486 e. The second kappa shape index (κ2) is 5.36. The molecule has 1 aliphatic carbocycles. The summed E-state index contributed by atoms with van der Waals surface area (Å²) in [6.45, 7) is 4.75. The van der Waals surface area contributed by atoms with Crippen LogP contribution in [0.25, 0.3) is 0 Å². The number of rotatable bonds is 3. The number of hydrogen-bond acceptors (Lipinski definition) is 4. The first-order chi connectivity index (χ1) is 10.2. The Labute approximate surface area is 133 Å². The van der Waals surface area contributed by atoms with Gasteiger partial charge in [-0.25, -0.2) is 0 Å². The molecule has 1 aromatic rings. The number of nitrogens with one attached hydrogen (secondary N) is 1. The lowest BCUT2D eigenvalue weighted by atomic mass is 10.1. The van der Waals surface area contributed by atoms with Gasteiger partial charge in [0, 0.05) is 41.3 Å². The molecular formula is C16H21BrN2O2. The molecule has 0 amide bonds. The zero-order valence-electron chi connectivity index (χ0n) is 12.3. The van der Waals surface area contributed by atoms with Crippen molar-refractivity contribution in [3.05, 3.63) is 16.6 Å². The molecule has 1 aromatic carbocycles. The number of fused-ring (bicyclic) bond motifs is 1. The van der Waals surface area contributed by atoms with Crippen molar-refractivity contribution >= 4 is 21.6 Å². The molecule has 114 valence electrons. The lowest BCUT2D eigenvalue weighted by molar-refractivity contribution is 0.171. The van der Waals surface area contributed by atoms with Crippen LogP contribution in [0.3, 0.4) is 0 Å². The highest BCUT2D eigenvalue weighted by Crippen LogP contribution is 2.40. The summed E-state index contributed by atoms with van der Waals surface area (Å²) in [4.78, 5) is 2.66. The maximum absolute atomic E-state index is 5.68. The van der Waals surface area contributed by atoms with Crippen molar-refractivity contribution in [2.75, 3.05) is 25.1 Å². The van der Waals surface area contributed by atoms with Gasteiger partial charge in [-0.3, -0.25) is 4.90 Å². The van der Waals surface area contributed by atoms with E-state index in [-0.39, 0.29) is 0 Å². The Morgan fingerprint density at radius 2 is 1.90 bits per heavy atom. The molecule has 0 bridgehead atoms. The Balaban J connectivity index is 1.49. The minimum absolute atomic E-state index is 0.513. The summed E-state index contributed by atoms with van der Waals surface area (Å²) < 4.78 is 12.3. The molecule has 4 nitrogen and oxygen atoms in total. The second-order valence-electron chi connectivity index (χ2n) is 6.33. The molecule has 0 spiro atoms. The SMILES string of the molecule is CC1CC(Nc2cc3c(cc2Br)OCCO3)CN1C1CC1. The molecule has 3 aliphatic rings. The fourth-order valence-electron chi connectivity index (χ4n) is 3.47. The summed E-state index contributed by atoms with van der Waals surface area (Å²) in [5.41, 5.74) is 1.11. The Bertz CT molecular complexity index is 547. The number of anilines is 1. The average molecular weight is 353 g/mol. The maximum Gasteiger partial charge on any atom is 0.163 e. The molecule has 21 heavy (non-hydrogen) atoms. The highest BCUT2D eigenvalue weighted by Gasteiger charge is 2.38. The Hall–Kier alpha value is -0.940. The van der Waals surface area contributed by atoms with Gasteiger partial charge in [-0.1, -0.05) is 0 Å². The quantitative estimate of drug-likeness (QED) is 0.905. The van der Waals surface area contributed by atoms with E-state index in [9.17, 15) is 0 Å².